The van der Waals surface area contributed by atoms with Crippen LogP contribution in [-0.4, -0.2) is 99.6 Å². The number of esters is 1. The van der Waals surface area contributed by atoms with Gasteiger partial charge in [-0.1, -0.05) is 304 Å². The molecule has 88 heavy (non-hydrogen) atoms. The molecule has 0 aromatic carbocycles. The number of amides is 1. The van der Waals surface area contributed by atoms with Gasteiger partial charge >= 0.3 is 5.97 Å². The lowest BCUT2D eigenvalue weighted by molar-refractivity contribution is -0.305. The fraction of sp³-hybridized carbons (Fsp3) is 0.766. The van der Waals surface area contributed by atoms with Crippen LogP contribution in [0.4, 0.5) is 0 Å². The van der Waals surface area contributed by atoms with Crippen molar-refractivity contribution < 1.29 is 49.3 Å². The monoisotopic (exact) mass is 1230 g/mol. The van der Waals surface area contributed by atoms with Gasteiger partial charge in [0.05, 0.1) is 25.4 Å². The number of rotatable bonds is 62. The van der Waals surface area contributed by atoms with E-state index in [-0.39, 0.29) is 19.4 Å². The van der Waals surface area contributed by atoms with Crippen molar-refractivity contribution in [3.63, 3.8) is 0 Å². The summed E-state index contributed by atoms with van der Waals surface area (Å²) < 4.78 is 17.7. The van der Waals surface area contributed by atoms with Crippen molar-refractivity contribution in [2.75, 3.05) is 13.2 Å². The number of nitrogens with one attached hydrogen (secondary N) is 1. The molecule has 0 saturated carbocycles. The van der Waals surface area contributed by atoms with Gasteiger partial charge in [0.15, 0.2) is 12.4 Å². The number of ether oxygens (including phenoxy) is 3. The zero-order valence-corrected chi connectivity index (χ0v) is 56.6. The smallest absolute Gasteiger partial charge is 0.306 e. The Morgan fingerprint density at radius 1 is 0.455 bits per heavy atom. The van der Waals surface area contributed by atoms with Crippen LogP contribution in [-0.2, 0) is 23.8 Å². The van der Waals surface area contributed by atoms with Gasteiger partial charge in [-0.05, 0) is 103 Å². The number of hydrogen-bond acceptors (Lipinski definition) is 10. The van der Waals surface area contributed by atoms with Crippen molar-refractivity contribution in [3.05, 3.63) is 97.2 Å². The highest BCUT2D eigenvalue weighted by Gasteiger charge is 2.47. The topological polar surface area (TPSA) is 175 Å². The largest absolute Gasteiger partial charge is 0.454 e. The molecule has 508 valence electrons. The van der Waals surface area contributed by atoms with Gasteiger partial charge in [-0.15, -0.1) is 0 Å². The molecule has 1 amide bonds. The summed E-state index contributed by atoms with van der Waals surface area (Å²) in [5.74, 6) is -1.20. The first kappa shape index (κ1) is 82.6. The minimum Gasteiger partial charge on any atom is -0.454 e. The van der Waals surface area contributed by atoms with Crippen LogP contribution in [0.5, 0.6) is 0 Å². The molecular formula is C77H135NO10. The van der Waals surface area contributed by atoms with E-state index in [1.807, 2.05) is 6.08 Å². The zero-order chi connectivity index (χ0) is 63.9. The predicted molar refractivity (Wildman–Crippen MR) is 370 cm³/mol. The summed E-state index contributed by atoms with van der Waals surface area (Å²) in [6.45, 7) is 5.70. The van der Waals surface area contributed by atoms with Crippen molar-refractivity contribution in [2.24, 2.45) is 0 Å². The van der Waals surface area contributed by atoms with Gasteiger partial charge in [0.1, 0.15) is 24.4 Å². The summed E-state index contributed by atoms with van der Waals surface area (Å²) in [5, 5.41) is 57.3. The lowest BCUT2D eigenvalue weighted by atomic mass is 9.99. The molecule has 0 radical (unpaired) electrons. The Kier molecular flexibility index (Phi) is 59.8. The first-order valence-corrected chi connectivity index (χ1v) is 36.5. The average Bonchev–Trinajstić information content (AvgIpc) is 1.29. The van der Waals surface area contributed by atoms with E-state index in [0.717, 1.165) is 109 Å². The van der Waals surface area contributed by atoms with Crippen molar-refractivity contribution >= 4 is 11.9 Å². The molecule has 11 heteroatoms. The molecule has 1 aliphatic rings. The number of aliphatic hydroxyl groups is 5. The zero-order valence-electron chi connectivity index (χ0n) is 56.6. The molecule has 1 saturated heterocycles. The fourth-order valence-corrected chi connectivity index (χ4v) is 11.0. The van der Waals surface area contributed by atoms with Crippen molar-refractivity contribution in [3.8, 4) is 0 Å². The van der Waals surface area contributed by atoms with Gasteiger partial charge in [0, 0.05) is 6.42 Å². The first-order valence-electron chi connectivity index (χ1n) is 36.5. The van der Waals surface area contributed by atoms with Crippen LogP contribution in [0, 0.1) is 0 Å². The van der Waals surface area contributed by atoms with E-state index in [9.17, 15) is 35.1 Å². The second kappa shape index (κ2) is 63.7. The highest BCUT2D eigenvalue weighted by atomic mass is 16.7. The third-order valence-corrected chi connectivity index (χ3v) is 16.7. The van der Waals surface area contributed by atoms with E-state index < -0.39 is 67.4 Å². The number of hydrogen-bond donors (Lipinski definition) is 6. The molecule has 0 aliphatic carbocycles. The number of carbonyl (C=O) groups is 2. The van der Waals surface area contributed by atoms with E-state index in [1.54, 1.807) is 6.08 Å². The molecule has 1 rings (SSSR count). The highest BCUT2D eigenvalue weighted by molar-refractivity contribution is 5.80. The molecule has 6 N–H and O–H groups in total. The summed E-state index contributed by atoms with van der Waals surface area (Å²) in [7, 11) is 0. The Morgan fingerprint density at radius 3 is 1.24 bits per heavy atom. The van der Waals surface area contributed by atoms with Crippen LogP contribution in [0.1, 0.15) is 316 Å². The number of aliphatic hydroxyl groups excluding tert-OH is 5. The summed E-state index contributed by atoms with van der Waals surface area (Å²) in [6.07, 6.45) is 75.8. The molecule has 1 fully saturated rings. The minimum atomic E-state index is -1.62. The lowest BCUT2D eigenvalue weighted by Crippen LogP contribution is -2.61. The molecule has 0 aromatic rings. The van der Waals surface area contributed by atoms with Crippen LogP contribution in [0.2, 0.25) is 0 Å². The van der Waals surface area contributed by atoms with Crippen molar-refractivity contribution in [2.45, 2.75) is 365 Å². The number of unbranched alkanes of at least 4 members (excludes halogenated alkanes) is 34. The first-order chi connectivity index (χ1) is 43.2. The van der Waals surface area contributed by atoms with E-state index >= 15 is 0 Å². The van der Waals surface area contributed by atoms with Crippen LogP contribution in [0.25, 0.3) is 0 Å². The maximum atomic E-state index is 13.5. The Bertz CT molecular complexity index is 1800. The Balaban J connectivity index is 2.56. The Labute approximate surface area is 539 Å². The molecule has 1 heterocycles. The summed E-state index contributed by atoms with van der Waals surface area (Å²) in [4.78, 5) is 26.7. The predicted octanol–water partition coefficient (Wildman–Crippen LogP) is 19.0. The molecule has 0 spiro atoms. The second-order valence-corrected chi connectivity index (χ2v) is 24.9. The van der Waals surface area contributed by atoms with Crippen LogP contribution < -0.4 is 5.32 Å². The summed E-state index contributed by atoms with van der Waals surface area (Å²) >= 11 is 0. The molecular weight excluding hydrogens is 1100 g/mol. The normalized spacial score (nSPS) is 18.8. The lowest BCUT2D eigenvalue weighted by Gasteiger charge is -2.41. The SMILES string of the molecule is CC/C=C\C/C=C\C/C=C\C/C=C\C/C=C\C/C=C\CCCCCCCCCCC(=O)OC1C(OCC(NC(=O)C(O)CCCCCCCCCCCC/C=C/CCCCCCCC)C(O)/C=C/CCCCCCCCCCCC)OC(CO)C(O)C1O. The van der Waals surface area contributed by atoms with Gasteiger partial charge in [-0.25, -0.2) is 0 Å². The molecule has 11 nitrogen and oxygen atoms in total. The maximum Gasteiger partial charge on any atom is 0.306 e. The van der Waals surface area contributed by atoms with Gasteiger partial charge in [-0.3, -0.25) is 9.59 Å². The van der Waals surface area contributed by atoms with Gasteiger partial charge in [-0.2, -0.15) is 0 Å². The molecule has 8 atom stereocenters. The maximum absolute atomic E-state index is 13.5. The third kappa shape index (κ3) is 50.3. The Morgan fingerprint density at radius 2 is 0.818 bits per heavy atom. The van der Waals surface area contributed by atoms with Crippen LogP contribution in [0.3, 0.4) is 0 Å². The average molecular weight is 1230 g/mol. The molecule has 0 aromatic heterocycles. The van der Waals surface area contributed by atoms with Crippen molar-refractivity contribution in [1.82, 2.24) is 5.32 Å². The quantitative estimate of drug-likeness (QED) is 0.0195. The summed E-state index contributed by atoms with van der Waals surface area (Å²) in [6, 6.07) is -1.03. The van der Waals surface area contributed by atoms with Gasteiger partial charge < -0.3 is 45.1 Å². The van der Waals surface area contributed by atoms with Gasteiger partial charge in [0.2, 0.25) is 5.91 Å². The number of carbonyl (C=O) groups excluding carboxylic acids is 2. The molecule has 0 bridgehead atoms. The molecule has 8 unspecified atom stereocenters. The standard InChI is InChI=1S/C77H135NO10/c1-4-7-10-13-16-19-22-25-27-29-31-33-34-35-36-37-38-39-41-43-45-47-50-53-56-59-62-65-72(82)88-75-74(84)73(83)71(66-79)87-77(75)86-67-68(69(80)63-60-57-54-51-48-24-21-18-15-12-9-6-3)78-76(85)70(81)64-61-58-55-52-49-46-44-42-40-32-30-28-26-23-20-17-14-11-8-5-2/h7,10,16,19,25-28,31,33,35-36,38-39,60,63,68-71,73-75,77,79-81,83-84H,4-6,8-9,11-15,17-18,20-24,29-30,32,34,37,40-59,61-62,64-67H2,1-3H3,(H,78,85)/b10-7-,19-16-,27-25-,28-26+,33-31-,36-35-,39-38-,63-60+. The summed E-state index contributed by atoms with van der Waals surface area (Å²) in [5.41, 5.74) is 0. The van der Waals surface area contributed by atoms with E-state index in [1.165, 1.54) is 161 Å². The van der Waals surface area contributed by atoms with Crippen molar-refractivity contribution in [1.29, 1.82) is 0 Å². The van der Waals surface area contributed by atoms with Gasteiger partial charge in [0.25, 0.3) is 0 Å². The minimum absolute atomic E-state index is 0.110. The molecule has 1 aliphatic heterocycles. The Hall–Kier alpha value is -3.42. The van der Waals surface area contributed by atoms with Crippen LogP contribution in [0.15, 0.2) is 97.2 Å². The van der Waals surface area contributed by atoms with E-state index in [0.29, 0.717) is 12.8 Å². The van der Waals surface area contributed by atoms with E-state index in [2.05, 4.69) is 111 Å². The second-order valence-electron chi connectivity index (χ2n) is 24.9. The fourth-order valence-electron chi connectivity index (χ4n) is 11.0. The van der Waals surface area contributed by atoms with Crippen LogP contribution >= 0.6 is 0 Å². The third-order valence-electron chi connectivity index (χ3n) is 16.7. The highest BCUT2D eigenvalue weighted by Crippen LogP contribution is 2.26. The van der Waals surface area contributed by atoms with E-state index in [4.69, 9.17) is 14.2 Å². The number of allylic oxidation sites excluding steroid dienone is 15.